The fraction of sp³-hybridized carbons (Fsp3) is 0.205. The van der Waals surface area contributed by atoms with Crippen molar-refractivity contribution in [2.45, 2.75) is 57.0 Å². The number of para-hydroxylation sites is 1. The molecule has 0 bridgehead atoms. The molecule has 0 aliphatic heterocycles. The highest BCUT2D eigenvalue weighted by Gasteiger charge is 2.57. The first-order valence-corrected chi connectivity index (χ1v) is 33.3. The van der Waals surface area contributed by atoms with E-state index in [-0.39, 0.29) is 4.08 Å². The lowest BCUT2D eigenvalue weighted by molar-refractivity contribution is 0.959. The van der Waals surface area contributed by atoms with Gasteiger partial charge in [-0.1, -0.05) is 177 Å². The topological polar surface area (TPSA) is 15.3 Å². The van der Waals surface area contributed by atoms with Crippen LogP contribution in [0.3, 0.4) is 0 Å². The molecule has 0 atom stereocenters. The molecule has 1 N–H and O–H groups in total. The maximum atomic E-state index is 3.99. The van der Waals surface area contributed by atoms with E-state index in [0.29, 0.717) is 0 Å². The number of hydrogen-bond acceptors (Lipinski definition) is 2. The van der Waals surface area contributed by atoms with Crippen LogP contribution in [0.5, 0.6) is 0 Å². The van der Waals surface area contributed by atoms with Crippen LogP contribution in [-0.2, 0) is 10.5 Å². The van der Waals surface area contributed by atoms with Crippen molar-refractivity contribution in [3.05, 3.63) is 245 Å². The van der Waals surface area contributed by atoms with E-state index in [2.05, 4.69) is 287 Å². The molecule has 388 valence electrons. The van der Waals surface area contributed by atoms with E-state index >= 15 is 0 Å². The summed E-state index contributed by atoms with van der Waals surface area (Å²) in [5, 5.41) is 9.26. The van der Waals surface area contributed by atoms with Gasteiger partial charge in [0.05, 0.1) is 15.5 Å². The number of anilines is 5. The van der Waals surface area contributed by atoms with Crippen LogP contribution in [-0.4, -0.2) is 37.5 Å². The number of nitrogens with zero attached hydrogens (tertiary/aromatic N) is 1. The summed E-state index contributed by atoms with van der Waals surface area (Å²) in [5.74, 6) is 0. The molecule has 3 aliphatic rings. The molecule has 3 aliphatic carbocycles. The van der Waals surface area contributed by atoms with Crippen LogP contribution in [0.2, 0.25) is 0 Å². The van der Waals surface area contributed by atoms with E-state index in [0.717, 1.165) is 49.2 Å². The summed E-state index contributed by atoms with van der Waals surface area (Å²) < 4.78 is -0.269. The van der Waals surface area contributed by atoms with Gasteiger partial charge in [0, 0.05) is 22.6 Å². The summed E-state index contributed by atoms with van der Waals surface area (Å²) in [5.41, 5.74) is 22.9. The second-order valence-electron chi connectivity index (χ2n) is 22.3. The van der Waals surface area contributed by atoms with Crippen LogP contribution < -0.4 is 10.2 Å². The van der Waals surface area contributed by atoms with Crippen molar-refractivity contribution >= 4 is 93.3 Å². The molecule has 4 heteroatoms. The molecule has 0 saturated carbocycles. The Balaban J connectivity index is 1.16. The van der Waals surface area contributed by atoms with Gasteiger partial charge in [0.2, 0.25) is 0 Å². The van der Waals surface area contributed by atoms with Crippen LogP contribution in [0.1, 0.15) is 85.4 Å². The standard InChI is InChI=1S/C73H74N2S2/c1-10-13-14-15-19-34-56-47-54(52-30-20-16-21-31-52)42-46-68(56)75(58-35-24-18-25-36-58)69-50-66-70(62-40-28-39-60(62)69)71-61-38-27-26-37-59(61)65-49-57(43-44-63(65)72(71)73(66,76(4,5)6)77(7,8)9)74-67-45-41-55(53-32-22-17-23-33-53)48-64(67)51(12-3)29-11-2/h11-12,14-15,17-20,22-38,40-50,74H,10,13,16,21,39H2,1-9H3/b15-14-,29-11-,34-19?,51-12+. The van der Waals surface area contributed by atoms with Gasteiger partial charge in [0.15, 0.2) is 0 Å². The normalized spacial score (nSPS) is 15.4. The Kier molecular flexibility index (Phi) is 14.3. The van der Waals surface area contributed by atoms with E-state index in [9.17, 15) is 0 Å². The van der Waals surface area contributed by atoms with Gasteiger partial charge in [-0.3, -0.25) is 0 Å². The Morgan fingerprint density at radius 1 is 0.636 bits per heavy atom. The summed E-state index contributed by atoms with van der Waals surface area (Å²) in [4.78, 5) is 2.60. The van der Waals surface area contributed by atoms with Crippen molar-refractivity contribution in [2.75, 3.05) is 47.8 Å². The van der Waals surface area contributed by atoms with Gasteiger partial charge in [-0.15, -0.1) is 0 Å². The van der Waals surface area contributed by atoms with Gasteiger partial charge in [0.1, 0.15) is 0 Å². The zero-order valence-electron chi connectivity index (χ0n) is 46.6. The lowest BCUT2D eigenvalue weighted by atomic mass is 9.88. The summed E-state index contributed by atoms with van der Waals surface area (Å²) in [6.07, 6.45) is 48.4. The number of benzene rings is 8. The molecule has 0 saturated heterocycles. The third-order valence-corrected chi connectivity index (χ3v) is 23.2. The molecule has 0 spiro atoms. The molecule has 0 aromatic heterocycles. The zero-order valence-corrected chi connectivity index (χ0v) is 48.2. The number of allylic oxidation sites excluding steroid dienone is 12. The molecule has 2 nitrogen and oxygen atoms in total. The second-order valence-corrected chi connectivity index (χ2v) is 31.2. The van der Waals surface area contributed by atoms with Gasteiger partial charge < -0.3 is 10.2 Å². The van der Waals surface area contributed by atoms with Gasteiger partial charge >= 0.3 is 0 Å². The smallest absolute Gasteiger partial charge is 0.0818 e. The summed E-state index contributed by atoms with van der Waals surface area (Å²) in [7, 11) is -2.84. The van der Waals surface area contributed by atoms with Crippen LogP contribution in [0, 0.1) is 0 Å². The number of fused-ring (bicyclic) bond motifs is 10. The molecule has 8 aromatic carbocycles. The zero-order chi connectivity index (χ0) is 53.5. The minimum Gasteiger partial charge on any atom is -0.355 e. The minimum absolute atomic E-state index is 0.269. The van der Waals surface area contributed by atoms with Crippen molar-refractivity contribution in [1.82, 2.24) is 0 Å². The van der Waals surface area contributed by atoms with Crippen molar-refractivity contribution in [3.8, 4) is 22.3 Å². The van der Waals surface area contributed by atoms with E-state index in [4.69, 9.17) is 0 Å². The molecule has 8 aromatic rings. The Morgan fingerprint density at radius 2 is 1.38 bits per heavy atom. The molecular formula is C73H74N2S2. The Labute approximate surface area is 462 Å². The maximum Gasteiger partial charge on any atom is 0.0818 e. The molecule has 0 amide bonds. The van der Waals surface area contributed by atoms with Gasteiger partial charge in [-0.05, 0) is 220 Å². The number of hydrogen-bond donors (Lipinski definition) is 1. The monoisotopic (exact) mass is 1040 g/mol. The largest absolute Gasteiger partial charge is 0.355 e. The van der Waals surface area contributed by atoms with Crippen molar-refractivity contribution in [1.29, 1.82) is 0 Å². The predicted octanol–water partition coefficient (Wildman–Crippen LogP) is 21.1. The molecule has 0 radical (unpaired) electrons. The molecule has 77 heavy (non-hydrogen) atoms. The Hall–Kier alpha value is -7.24. The number of unbranched alkanes of at least 4 members (excludes halogenated alkanes) is 1. The van der Waals surface area contributed by atoms with E-state index in [1.54, 1.807) is 0 Å². The first kappa shape index (κ1) is 51.8. The highest BCUT2D eigenvalue weighted by molar-refractivity contribution is 8.48. The van der Waals surface area contributed by atoms with Gasteiger partial charge in [-0.2, -0.15) is 0 Å². The third kappa shape index (κ3) is 9.18. The van der Waals surface area contributed by atoms with Crippen LogP contribution in [0.4, 0.5) is 28.4 Å². The number of rotatable bonds is 15. The highest BCUT2D eigenvalue weighted by atomic mass is 32.3. The van der Waals surface area contributed by atoms with Gasteiger partial charge in [-0.25, -0.2) is 20.1 Å². The Morgan fingerprint density at radius 3 is 2.09 bits per heavy atom. The fourth-order valence-corrected chi connectivity index (χ4v) is 22.2. The first-order valence-electron chi connectivity index (χ1n) is 27.5. The average Bonchev–Trinajstić information content (AvgIpc) is 3.18. The molecule has 11 rings (SSSR count). The highest BCUT2D eigenvalue weighted by Crippen LogP contribution is 2.82. The van der Waals surface area contributed by atoms with Gasteiger partial charge in [0.25, 0.3) is 0 Å². The summed E-state index contributed by atoms with van der Waals surface area (Å²) >= 11 is 0. The first-order chi connectivity index (χ1) is 37.4. The minimum atomic E-state index is -1.42. The van der Waals surface area contributed by atoms with Crippen LogP contribution >= 0.6 is 20.1 Å². The maximum absolute atomic E-state index is 3.99. The molecule has 0 unspecified atom stereocenters. The summed E-state index contributed by atoms with van der Waals surface area (Å²) in [6, 6.07) is 55.1. The van der Waals surface area contributed by atoms with E-state index < -0.39 is 20.1 Å². The predicted molar refractivity (Wildman–Crippen MR) is 349 cm³/mol. The van der Waals surface area contributed by atoms with E-state index in [1.807, 2.05) is 0 Å². The third-order valence-electron chi connectivity index (χ3n) is 15.9. The van der Waals surface area contributed by atoms with Crippen LogP contribution in [0.15, 0.2) is 206 Å². The molecular weight excluding hydrogens is 969 g/mol. The van der Waals surface area contributed by atoms with Crippen LogP contribution in [0.25, 0.3) is 67.1 Å². The lowest BCUT2D eigenvalue weighted by Crippen LogP contribution is -2.36. The second kappa shape index (κ2) is 21.3. The number of nitrogens with one attached hydrogen (secondary N) is 1. The molecule has 0 fully saturated rings. The van der Waals surface area contributed by atoms with E-state index in [1.165, 1.54) is 105 Å². The van der Waals surface area contributed by atoms with Crippen molar-refractivity contribution < 1.29 is 0 Å². The molecule has 0 heterocycles. The quantitative estimate of drug-likeness (QED) is 0.0813. The SMILES string of the molecule is C/C=C\C(=C/C)c1cc(-c2ccccc2)ccc1Nc1ccc2c3c(c4ccccc4c2c1)-c1c(cc(N(c2ccccc2)c2ccc(C4=CCCC=C4)cc2C=C/C=C\CCC)c2c1C=CC2)C3(S(C)(C)C)S(C)(C)C. The lowest BCUT2D eigenvalue weighted by Gasteiger charge is -2.59. The Bertz CT molecular complexity index is 3780. The van der Waals surface area contributed by atoms with Crippen molar-refractivity contribution in [2.24, 2.45) is 0 Å². The fourth-order valence-electron chi connectivity index (χ4n) is 12.9. The summed E-state index contributed by atoms with van der Waals surface area (Å²) in [6.45, 7) is 6.48. The van der Waals surface area contributed by atoms with Crippen molar-refractivity contribution in [3.63, 3.8) is 0 Å². The average molecular weight is 1040 g/mol.